The van der Waals surface area contributed by atoms with Gasteiger partial charge < -0.3 is 14.9 Å². The molecule has 19 heavy (non-hydrogen) atoms. The van der Waals surface area contributed by atoms with Gasteiger partial charge in [0, 0.05) is 6.92 Å². The van der Waals surface area contributed by atoms with E-state index in [2.05, 4.69) is 4.74 Å². The van der Waals surface area contributed by atoms with Crippen LogP contribution < -0.4 is 4.74 Å². The van der Waals surface area contributed by atoms with Crippen molar-refractivity contribution in [3.05, 3.63) is 28.6 Å². The number of esters is 1. The average molecular weight is 278 g/mol. The summed E-state index contributed by atoms with van der Waals surface area (Å²) >= 11 is 0. The summed E-state index contributed by atoms with van der Waals surface area (Å²) in [5.74, 6) is -13.4. The molecule has 2 N–H and O–H groups in total. The molecule has 0 atom stereocenters. The Labute approximate surface area is 103 Å². The van der Waals surface area contributed by atoms with Gasteiger partial charge in [0.2, 0.25) is 11.6 Å². The first kappa shape index (κ1) is 14.5. The highest BCUT2D eigenvalue weighted by molar-refractivity contribution is 6.02. The van der Waals surface area contributed by atoms with Gasteiger partial charge in [0.25, 0.3) is 0 Å². The van der Waals surface area contributed by atoms with Crippen LogP contribution in [0, 0.1) is 17.5 Å². The van der Waals surface area contributed by atoms with Gasteiger partial charge in [0.1, 0.15) is 11.1 Å². The molecule has 0 saturated heterocycles. The largest absolute Gasteiger partial charge is 0.478 e. The lowest BCUT2D eigenvalue weighted by Gasteiger charge is -2.10. The summed E-state index contributed by atoms with van der Waals surface area (Å²) in [5.41, 5.74) is -3.33. The molecule has 9 heteroatoms. The van der Waals surface area contributed by atoms with Crippen LogP contribution in [0.25, 0.3) is 0 Å². The molecule has 0 aliphatic rings. The fraction of sp³-hybridized carbons (Fsp3) is 0.100. The van der Waals surface area contributed by atoms with Crippen LogP contribution in [0.15, 0.2) is 0 Å². The zero-order valence-corrected chi connectivity index (χ0v) is 9.16. The molecule has 1 rings (SSSR count). The van der Waals surface area contributed by atoms with E-state index in [0.29, 0.717) is 0 Å². The van der Waals surface area contributed by atoms with Crippen molar-refractivity contribution < 1.29 is 42.5 Å². The van der Waals surface area contributed by atoms with Gasteiger partial charge in [0.05, 0.1) is 0 Å². The van der Waals surface area contributed by atoms with Crippen molar-refractivity contribution in [1.82, 2.24) is 0 Å². The van der Waals surface area contributed by atoms with Crippen LogP contribution in [0.5, 0.6) is 5.75 Å². The molecule has 0 fully saturated rings. The zero-order valence-electron chi connectivity index (χ0n) is 9.16. The summed E-state index contributed by atoms with van der Waals surface area (Å²) in [5, 5.41) is 17.2. The molecule has 0 spiro atoms. The topological polar surface area (TPSA) is 101 Å². The quantitative estimate of drug-likeness (QED) is 0.492. The SMILES string of the molecule is CC(=O)Oc1c(F)c(F)c(C(=O)O)c(C(=O)O)c1F. The standard InChI is InChI=1S/C10H5F3O6/c1-2(14)19-8-6(12)4(10(17)18)3(9(15)16)5(11)7(8)13/h1H3,(H,15,16)(H,17,18). The molecular formula is C10H5F3O6. The predicted octanol–water partition coefficient (Wildman–Crippen LogP) is 1.43. The van der Waals surface area contributed by atoms with Gasteiger partial charge in [-0.1, -0.05) is 0 Å². The Hall–Kier alpha value is -2.58. The van der Waals surface area contributed by atoms with E-state index in [-0.39, 0.29) is 0 Å². The van der Waals surface area contributed by atoms with Gasteiger partial charge in [-0.15, -0.1) is 0 Å². The maximum atomic E-state index is 13.6. The minimum absolute atomic E-state index is 0.738. The van der Waals surface area contributed by atoms with Crippen LogP contribution in [-0.2, 0) is 4.79 Å². The zero-order chi connectivity index (χ0) is 14.9. The number of carboxylic acid groups (broad SMARTS) is 2. The summed E-state index contributed by atoms with van der Waals surface area (Å²) in [6, 6.07) is 0. The van der Waals surface area contributed by atoms with Gasteiger partial charge in [-0.25, -0.2) is 18.4 Å². The Balaban J connectivity index is 3.78. The third-order valence-electron chi connectivity index (χ3n) is 1.95. The van der Waals surface area contributed by atoms with Crippen LogP contribution in [0.4, 0.5) is 13.2 Å². The summed E-state index contributed by atoms with van der Waals surface area (Å²) < 4.78 is 44.3. The molecule has 0 amide bonds. The summed E-state index contributed by atoms with van der Waals surface area (Å²) in [6.07, 6.45) is 0. The van der Waals surface area contributed by atoms with Crippen LogP contribution in [0.1, 0.15) is 27.6 Å². The van der Waals surface area contributed by atoms with Crippen molar-refractivity contribution in [1.29, 1.82) is 0 Å². The normalized spacial score (nSPS) is 10.1. The molecule has 0 bridgehead atoms. The second-order valence-electron chi connectivity index (χ2n) is 3.23. The first-order valence-corrected chi connectivity index (χ1v) is 4.53. The van der Waals surface area contributed by atoms with E-state index in [1.807, 2.05) is 0 Å². The molecule has 0 unspecified atom stereocenters. The minimum atomic E-state index is -2.18. The van der Waals surface area contributed by atoms with E-state index in [0.717, 1.165) is 6.92 Å². The molecule has 1 aromatic carbocycles. The summed E-state index contributed by atoms with van der Waals surface area (Å²) in [4.78, 5) is 31.9. The van der Waals surface area contributed by atoms with Crippen molar-refractivity contribution in [3.63, 3.8) is 0 Å². The minimum Gasteiger partial charge on any atom is -0.478 e. The van der Waals surface area contributed by atoms with E-state index in [1.54, 1.807) is 0 Å². The molecular weight excluding hydrogens is 273 g/mol. The van der Waals surface area contributed by atoms with E-state index in [4.69, 9.17) is 10.2 Å². The molecule has 6 nitrogen and oxygen atoms in total. The highest BCUT2D eigenvalue weighted by atomic mass is 19.2. The molecule has 0 aliphatic carbocycles. The Morgan fingerprint density at radius 3 is 1.68 bits per heavy atom. The first-order valence-electron chi connectivity index (χ1n) is 4.53. The number of hydrogen-bond donors (Lipinski definition) is 2. The van der Waals surface area contributed by atoms with Gasteiger partial charge in [0.15, 0.2) is 11.6 Å². The molecule has 0 aromatic heterocycles. The molecule has 1 aromatic rings. The fourth-order valence-corrected chi connectivity index (χ4v) is 1.27. The van der Waals surface area contributed by atoms with Crippen LogP contribution >= 0.6 is 0 Å². The Kier molecular flexibility index (Phi) is 3.78. The number of hydrogen-bond acceptors (Lipinski definition) is 4. The number of carboxylic acids is 2. The number of rotatable bonds is 3. The van der Waals surface area contributed by atoms with Crippen molar-refractivity contribution in [2.24, 2.45) is 0 Å². The molecule has 0 radical (unpaired) electrons. The average Bonchev–Trinajstić information content (AvgIpc) is 2.27. The van der Waals surface area contributed by atoms with Crippen molar-refractivity contribution in [2.75, 3.05) is 0 Å². The number of halogens is 3. The second-order valence-corrected chi connectivity index (χ2v) is 3.23. The lowest BCUT2D eigenvalue weighted by molar-refractivity contribution is -0.132. The molecule has 102 valence electrons. The van der Waals surface area contributed by atoms with Gasteiger partial charge >= 0.3 is 17.9 Å². The van der Waals surface area contributed by atoms with Crippen molar-refractivity contribution in [2.45, 2.75) is 6.92 Å². The lowest BCUT2D eigenvalue weighted by atomic mass is 10.0. The van der Waals surface area contributed by atoms with E-state index >= 15 is 0 Å². The molecule has 0 saturated carbocycles. The highest BCUT2D eigenvalue weighted by Crippen LogP contribution is 2.31. The van der Waals surface area contributed by atoms with Crippen LogP contribution in [0.2, 0.25) is 0 Å². The third-order valence-corrected chi connectivity index (χ3v) is 1.95. The van der Waals surface area contributed by atoms with Crippen molar-refractivity contribution >= 4 is 17.9 Å². The summed E-state index contributed by atoms with van der Waals surface area (Å²) in [6.45, 7) is 0.738. The Bertz CT molecular complexity index is 596. The Morgan fingerprint density at radius 2 is 1.32 bits per heavy atom. The molecule has 0 aliphatic heterocycles. The predicted molar refractivity (Wildman–Crippen MR) is 51.5 cm³/mol. The van der Waals surface area contributed by atoms with Crippen molar-refractivity contribution in [3.8, 4) is 5.75 Å². The smallest absolute Gasteiger partial charge is 0.339 e. The highest BCUT2D eigenvalue weighted by Gasteiger charge is 2.33. The van der Waals surface area contributed by atoms with E-state index in [1.165, 1.54) is 0 Å². The second kappa shape index (κ2) is 4.96. The number of aromatic carboxylic acids is 2. The fourth-order valence-electron chi connectivity index (χ4n) is 1.27. The van der Waals surface area contributed by atoms with Crippen LogP contribution in [0.3, 0.4) is 0 Å². The van der Waals surface area contributed by atoms with E-state index in [9.17, 15) is 27.6 Å². The number of carbonyl (C=O) groups is 3. The van der Waals surface area contributed by atoms with Gasteiger partial charge in [-0.3, -0.25) is 4.79 Å². The number of carbonyl (C=O) groups excluding carboxylic acids is 1. The lowest BCUT2D eigenvalue weighted by Crippen LogP contribution is -2.18. The number of benzene rings is 1. The van der Waals surface area contributed by atoms with Crippen LogP contribution in [-0.4, -0.2) is 28.1 Å². The third kappa shape index (κ3) is 2.49. The monoisotopic (exact) mass is 278 g/mol. The Morgan fingerprint density at radius 1 is 0.895 bits per heavy atom. The van der Waals surface area contributed by atoms with Gasteiger partial charge in [-0.05, 0) is 0 Å². The van der Waals surface area contributed by atoms with Gasteiger partial charge in [-0.2, -0.15) is 4.39 Å². The summed E-state index contributed by atoms with van der Waals surface area (Å²) in [7, 11) is 0. The number of ether oxygens (including phenoxy) is 1. The first-order chi connectivity index (χ1) is 8.68. The van der Waals surface area contributed by atoms with E-state index < -0.39 is 52.2 Å². The maximum Gasteiger partial charge on any atom is 0.339 e. The maximum absolute atomic E-state index is 13.6. The molecule has 0 heterocycles.